The van der Waals surface area contributed by atoms with Gasteiger partial charge in [0.1, 0.15) is 42.0 Å². The van der Waals surface area contributed by atoms with E-state index in [0.29, 0.717) is 21.5 Å². The van der Waals surface area contributed by atoms with E-state index >= 15 is 0 Å². The van der Waals surface area contributed by atoms with E-state index in [1.165, 1.54) is 14.2 Å². The molecule has 5 atom stereocenters. The average Bonchev–Trinajstić information content (AvgIpc) is 2.53. The van der Waals surface area contributed by atoms with Crippen LogP contribution in [-0.4, -0.2) is 65.7 Å². The Morgan fingerprint density at radius 2 is 1.68 bits per heavy atom. The van der Waals surface area contributed by atoms with Gasteiger partial charge in [-0.3, -0.25) is 0 Å². The van der Waals surface area contributed by atoms with Crippen molar-refractivity contribution in [2.75, 3.05) is 20.8 Å². The first-order chi connectivity index (χ1) is 10.4. The lowest BCUT2D eigenvalue weighted by atomic mass is 9.91. The molecule has 1 aliphatic rings. The van der Waals surface area contributed by atoms with Crippen molar-refractivity contribution in [2.24, 2.45) is 0 Å². The molecule has 1 saturated heterocycles. The van der Waals surface area contributed by atoms with Crippen molar-refractivity contribution in [1.29, 1.82) is 0 Å². The summed E-state index contributed by atoms with van der Waals surface area (Å²) in [6.07, 6.45) is -6.15. The van der Waals surface area contributed by atoms with Gasteiger partial charge >= 0.3 is 0 Å². The fourth-order valence-electron chi connectivity index (χ4n) is 2.46. The van der Waals surface area contributed by atoms with Gasteiger partial charge in [-0.05, 0) is 22.0 Å². The van der Waals surface area contributed by atoms with Gasteiger partial charge in [0.2, 0.25) is 0 Å². The first-order valence-electron chi connectivity index (χ1n) is 6.66. The molecule has 0 radical (unpaired) electrons. The summed E-state index contributed by atoms with van der Waals surface area (Å²) >= 11 is 3.34. The van der Waals surface area contributed by atoms with Crippen LogP contribution in [0.15, 0.2) is 16.6 Å². The Hall–Kier alpha value is -0.900. The number of hydrogen-bond acceptors (Lipinski definition) is 7. The fourth-order valence-corrected chi connectivity index (χ4v) is 2.99. The van der Waals surface area contributed by atoms with Crippen LogP contribution in [0.5, 0.6) is 11.5 Å². The third-order valence-corrected chi connectivity index (χ3v) is 4.32. The molecule has 0 saturated carbocycles. The molecule has 124 valence electrons. The summed E-state index contributed by atoms with van der Waals surface area (Å²) in [4.78, 5) is 0. The second kappa shape index (κ2) is 7.12. The molecule has 1 aromatic carbocycles. The minimum absolute atomic E-state index is 0.393. The van der Waals surface area contributed by atoms with Gasteiger partial charge in [-0.15, -0.1) is 0 Å². The first kappa shape index (κ1) is 17.5. The Labute approximate surface area is 136 Å². The molecular formula is C14H19BrO7. The number of ether oxygens (including phenoxy) is 3. The summed E-state index contributed by atoms with van der Waals surface area (Å²) in [7, 11) is 2.96. The minimum atomic E-state index is -1.44. The van der Waals surface area contributed by atoms with Crippen LogP contribution in [0.1, 0.15) is 11.7 Å². The molecule has 4 N–H and O–H groups in total. The Morgan fingerprint density at radius 3 is 2.23 bits per heavy atom. The van der Waals surface area contributed by atoms with Crippen LogP contribution >= 0.6 is 15.9 Å². The third-order valence-electron chi connectivity index (χ3n) is 3.70. The smallest absolute Gasteiger partial charge is 0.136 e. The summed E-state index contributed by atoms with van der Waals surface area (Å²) in [6, 6.07) is 3.26. The molecule has 1 aromatic rings. The number of methoxy groups -OCH3 is 2. The zero-order valence-electron chi connectivity index (χ0n) is 12.1. The predicted octanol–water partition coefficient (Wildman–Crippen LogP) is -0.0188. The molecule has 2 rings (SSSR count). The Bertz CT molecular complexity index is 522. The van der Waals surface area contributed by atoms with Gasteiger partial charge in [-0.25, -0.2) is 0 Å². The molecule has 22 heavy (non-hydrogen) atoms. The SMILES string of the molecule is COc1cc(OC)c(C2OC(CO)C(O)C(O)C2O)cc1Br. The molecule has 1 heterocycles. The van der Waals surface area contributed by atoms with Gasteiger partial charge in [-0.1, -0.05) is 0 Å². The van der Waals surface area contributed by atoms with Gasteiger partial charge in [0.25, 0.3) is 0 Å². The summed E-state index contributed by atoms with van der Waals surface area (Å²) in [6.45, 7) is -0.485. The van der Waals surface area contributed by atoms with Crippen LogP contribution in [0, 0.1) is 0 Å². The molecule has 1 fully saturated rings. The number of hydrogen-bond donors (Lipinski definition) is 4. The van der Waals surface area contributed by atoms with Gasteiger partial charge in [0.05, 0.1) is 25.3 Å². The fraction of sp³-hybridized carbons (Fsp3) is 0.571. The van der Waals surface area contributed by atoms with Crippen molar-refractivity contribution < 1.29 is 34.6 Å². The standard InChI is InChI=1S/C14H19BrO7/c1-20-8-4-9(21-2)7(15)3-6(8)14-13(19)12(18)11(17)10(5-16)22-14/h3-4,10-14,16-19H,5H2,1-2H3. The van der Waals surface area contributed by atoms with E-state index in [1.807, 2.05) is 0 Å². The van der Waals surface area contributed by atoms with Crippen LogP contribution in [-0.2, 0) is 4.74 Å². The number of halogens is 1. The number of aliphatic hydroxyl groups excluding tert-OH is 4. The average molecular weight is 379 g/mol. The van der Waals surface area contributed by atoms with Crippen LogP contribution in [0.25, 0.3) is 0 Å². The molecule has 8 heteroatoms. The van der Waals surface area contributed by atoms with E-state index in [4.69, 9.17) is 14.2 Å². The molecule has 0 spiro atoms. The largest absolute Gasteiger partial charge is 0.496 e. The van der Waals surface area contributed by atoms with Crippen molar-refractivity contribution in [3.8, 4) is 11.5 Å². The highest BCUT2D eigenvalue weighted by Crippen LogP contribution is 2.41. The van der Waals surface area contributed by atoms with Gasteiger partial charge in [-0.2, -0.15) is 0 Å². The molecule has 7 nitrogen and oxygen atoms in total. The van der Waals surface area contributed by atoms with Crippen molar-refractivity contribution in [2.45, 2.75) is 30.5 Å². The van der Waals surface area contributed by atoms with E-state index in [2.05, 4.69) is 15.9 Å². The van der Waals surface area contributed by atoms with Gasteiger partial charge in [0.15, 0.2) is 0 Å². The van der Waals surface area contributed by atoms with Crippen molar-refractivity contribution in [3.05, 3.63) is 22.2 Å². The molecule has 1 aliphatic heterocycles. The first-order valence-corrected chi connectivity index (χ1v) is 7.45. The Kier molecular flexibility index (Phi) is 5.65. The van der Waals surface area contributed by atoms with Crippen molar-refractivity contribution in [3.63, 3.8) is 0 Å². The van der Waals surface area contributed by atoms with Crippen LogP contribution in [0.2, 0.25) is 0 Å². The normalized spacial score (nSPS) is 31.9. The maximum Gasteiger partial charge on any atom is 0.136 e. The molecule has 5 unspecified atom stereocenters. The van der Waals surface area contributed by atoms with Gasteiger partial charge < -0.3 is 34.6 Å². The Morgan fingerprint density at radius 1 is 1.05 bits per heavy atom. The number of rotatable bonds is 4. The van der Waals surface area contributed by atoms with Gasteiger partial charge in [0, 0.05) is 11.6 Å². The van der Waals surface area contributed by atoms with E-state index < -0.39 is 37.1 Å². The van der Waals surface area contributed by atoms with Crippen LogP contribution < -0.4 is 9.47 Å². The van der Waals surface area contributed by atoms with E-state index in [0.717, 1.165) is 0 Å². The molecule has 0 aromatic heterocycles. The number of benzene rings is 1. The molecule has 0 amide bonds. The molecular weight excluding hydrogens is 360 g/mol. The maximum atomic E-state index is 10.2. The highest BCUT2D eigenvalue weighted by atomic mass is 79.9. The highest BCUT2D eigenvalue weighted by Gasteiger charge is 2.45. The Balaban J connectivity index is 2.43. The van der Waals surface area contributed by atoms with Crippen LogP contribution in [0.4, 0.5) is 0 Å². The minimum Gasteiger partial charge on any atom is -0.496 e. The lowest BCUT2D eigenvalue weighted by Gasteiger charge is -2.40. The topological polar surface area (TPSA) is 109 Å². The molecule has 0 aliphatic carbocycles. The van der Waals surface area contributed by atoms with E-state index in [-0.39, 0.29) is 0 Å². The number of aliphatic hydroxyl groups is 4. The van der Waals surface area contributed by atoms with E-state index in [1.54, 1.807) is 12.1 Å². The second-order valence-electron chi connectivity index (χ2n) is 4.98. The lowest BCUT2D eigenvalue weighted by molar-refractivity contribution is -0.232. The third kappa shape index (κ3) is 3.08. The van der Waals surface area contributed by atoms with Crippen molar-refractivity contribution >= 4 is 15.9 Å². The zero-order chi connectivity index (χ0) is 16.4. The summed E-state index contributed by atoms with van der Waals surface area (Å²) in [5.41, 5.74) is 0.465. The summed E-state index contributed by atoms with van der Waals surface area (Å²) in [5, 5.41) is 39.2. The van der Waals surface area contributed by atoms with Crippen LogP contribution in [0.3, 0.4) is 0 Å². The highest BCUT2D eigenvalue weighted by molar-refractivity contribution is 9.10. The van der Waals surface area contributed by atoms with E-state index in [9.17, 15) is 20.4 Å². The monoisotopic (exact) mass is 378 g/mol. The molecule has 0 bridgehead atoms. The summed E-state index contributed by atoms with van der Waals surface area (Å²) < 4.78 is 16.6. The second-order valence-corrected chi connectivity index (χ2v) is 5.83. The maximum absolute atomic E-state index is 10.2. The summed E-state index contributed by atoms with van der Waals surface area (Å²) in [5.74, 6) is 0.926. The van der Waals surface area contributed by atoms with Crippen molar-refractivity contribution in [1.82, 2.24) is 0 Å². The zero-order valence-corrected chi connectivity index (χ0v) is 13.7. The lowest BCUT2D eigenvalue weighted by Crippen LogP contribution is -2.55. The quantitative estimate of drug-likeness (QED) is 0.582. The predicted molar refractivity (Wildman–Crippen MR) is 80.0 cm³/mol.